The molecule has 1 aromatic carbocycles. The monoisotopic (exact) mass is 344 g/mol. The molecule has 0 aliphatic heterocycles. The lowest BCUT2D eigenvalue weighted by molar-refractivity contribution is -0.144. The molecule has 2 rings (SSSR count). The maximum Gasteiger partial charge on any atom is 0.349 e. The van der Waals surface area contributed by atoms with Crippen molar-refractivity contribution in [1.29, 1.82) is 5.26 Å². The van der Waals surface area contributed by atoms with E-state index in [1.165, 1.54) is 12.3 Å². The fraction of sp³-hybridized carbons (Fsp3) is 0.118. The summed E-state index contributed by atoms with van der Waals surface area (Å²) in [4.78, 5) is 23.4. The standard InChI is InChI=1S/C17H13ClN2O4/c18-14-5-3-12(4-6-14)10-20-16(21)11-24-17(22)13(9-19)8-15-2-1-7-23-15/h1-8H,10-11H2,(H,20,21)/b13-8+. The Morgan fingerprint density at radius 2 is 2.04 bits per heavy atom. The molecule has 2 aromatic rings. The van der Waals surface area contributed by atoms with Crippen LogP contribution in [0.2, 0.25) is 5.02 Å². The summed E-state index contributed by atoms with van der Waals surface area (Å²) in [6, 6.07) is 11.9. The molecule has 24 heavy (non-hydrogen) atoms. The highest BCUT2D eigenvalue weighted by Gasteiger charge is 2.13. The van der Waals surface area contributed by atoms with Crippen LogP contribution in [-0.2, 0) is 20.9 Å². The Bertz CT molecular complexity index is 774. The predicted molar refractivity (Wildman–Crippen MR) is 86.6 cm³/mol. The van der Waals surface area contributed by atoms with Crippen LogP contribution in [0.3, 0.4) is 0 Å². The van der Waals surface area contributed by atoms with Crippen molar-refractivity contribution < 1.29 is 18.7 Å². The molecular formula is C17H13ClN2O4. The van der Waals surface area contributed by atoms with Crippen molar-refractivity contribution in [3.05, 3.63) is 64.6 Å². The summed E-state index contributed by atoms with van der Waals surface area (Å²) in [5.74, 6) is -1.03. The summed E-state index contributed by atoms with van der Waals surface area (Å²) in [7, 11) is 0. The van der Waals surface area contributed by atoms with E-state index in [1.807, 2.05) is 0 Å². The smallest absolute Gasteiger partial charge is 0.349 e. The molecule has 0 bridgehead atoms. The molecule has 1 aromatic heterocycles. The molecule has 7 heteroatoms. The first-order valence-electron chi connectivity index (χ1n) is 6.92. The number of carbonyl (C=O) groups is 2. The fourth-order valence-corrected chi connectivity index (χ4v) is 1.84. The highest BCUT2D eigenvalue weighted by atomic mass is 35.5. The van der Waals surface area contributed by atoms with Crippen molar-refractivity contribution in [1.82, 2.24) is 5.32 Å². The summed E-state index contributed by atoms with van der Waals surface area (Å²) >= 11 is 5.77. The van der Waals surface area contributed by atoms with Crippen LogP contribution >= 0.6 is 11.6 Å². The molecule has 1 N–H and O–H groups in total. The van der Waals surface area contributed by atoms with Crippen molar-refractivity contribution in [2.75, 3.05) is 6.61 Å². The summed E-state index contributed by atoms with van der Waals surface area (Å²) in [5, 5.41) is 12.2. The van der Waals surface area contributed by atoms with Gasteiger partial charge in [-0.2, -0.15) is 5.26 Å². The molecule has 1 heterocycles. The van der Waals surface area contributed by atoms with E-state index in [2.05, 4.69) is 5.32 Å². The van der Waals surface area contributed by atoms with Crippen LogP contribution in [0.15, 0.2) is 52.7 Å². The zero-order valence-corrected chi connectivity index (χ0v) is 13.2. The molecule has 0 fully saturated rings. The minimum Gasteiger partial charge on any atom is -0.465 e. The molecule has 1 amide bonds. The van der Waals surface area contributed by atoms with Gasteiger partial charge in [-0.25, -0.2) is 4.79 Å². The molecule has 0 aliphatic carbocycles. The van der Waals surface area contributed by atoms with Crippen LogP contribution in [0.25, 0.3) is 6.08 Å². The molecule has 0 aliphatic rings. The van der Waals surface area contributed by atoms with Crippen LogP contribution < -0.4 is 5.32 Å². The Morgan fingerprint density at radius 3 is 2.67 bits per heavy atom. The highest BCUT2D eigenvalue weighted by molar-refractivity contribution is 6.30. The van der Waals surface area contributed by atoms with Gasteiger partial charge in [-0.05, 0) is 29.8 Å². The van der Waals surface area contributed by atoms with Gasteiger partial charge in [-0.1, -0.05) is 23.7 Å². The number of nitriles is 1. The van der Waals surface area contributed by atoms with Crippen LogP contribution in [0.5, 0.6) is 0 Å². The average molecular weight is 345 g/mol. The molecule has 0 radical (unpaired) electrons. The minimum atomic E-state index is -0.893. The van der Waals surface area contributed by atoms with E-state index in [9.17, 15) is 9.59 Å². The second-order valence-corrected chi connectivity index (χ2v) is 5.10. The molecular weight excluding hydrogens is 332 g/mol. The number of carbonyl (C=O) groups excluding carboxylic acids is 2. The molecule has 0 saturated carbocycles. The Balaban J connectivity index is 1.81. The van der Waals surface area contributed by atoms with E-state index >= 15 is 0 Å². The van der Waals surface area contributed by atoms with Gasteiger partial charge in [0.05, 0.1) is 6.26 Å². The van der Waals surface area contributed by atoms with Crippen molar-refractivity contribution >= 4 is 29.6 Å². The van der Waals surface area contributed by atoms with Gasteiger partial charge in [0.1, 0.15) is 17.4 Å². The van der Waals surface area contributed by atoms with Crippen molar-refractivity contribution in [3.8, 4) is 6.07 Å². The third-order valence-electron chi connectivity index (χ3n) is 2.91. The van der Waals surface area contributed by atoms with E-state index in [1.54, 1.807) is 42.5 Å². The average Bonchev–Trinajstić information content (AvgIpc) is 3.10. The number of benzene rings is 1. The van der Waals surface area contributed by atoms with Gasteiger partial charge in [0.2, 0.25) is 0 Å². The lowest BCUT2D eigenvalue weighted by atomic mass is 10.2. The molecule has 0 saturated heterocycles. The predicted octanol–water partition coefficient (Wildman–Crippen LogP) is 2.70. The molecule has 0 unspecified atom stereocenters. The first-order valence-corrected chi connectivity index (χ1v) is 7.30. The Hall–Kier alpha value is -3.04. The lowest BCUT2D eigenvalue weighted by Gasteiger charge is -2.06. The number of amides is 1. The number of ether oxygens (including phenoxy) is 1. The molecule has 0 atom stereocenters. The van der Waals surface area contributed by atoms with Gasteiger partial charge in [-0.3, -0.25) is 4.79 Å². The quantitative estimate of drug-likeness (QED) is 0.494. The number of hydrogen-bond donors (Lipinski definition) is 1. The molecule has 0 spiro atoms. The van der Waals surface area contributed by atoms with Gasteiger partial charge in [-0.15, -0.1) is 0 Å². The first kappa shape index (κ1) is 17.3. The third kappa shape index (κ3) is 5.30. The minimum absolute atomic E-state index is 0.254. The van der Waals surface area contributed by atoms with E-state index in [0.29, 0.717) is 10.8 Å². The van der Waals surface area contributed by atoms with Crippen molar-refractivity contribution in [2.45, 2.75) is 6.54 Å². The second kappa shape index (κ2) is 8.56. The number of nitrogens with zero attached hydrogens (tertiary/aromatic N) is 1. The normalized spacial score (nSPS) is 10.8. The SMILES string of the molecule is N#C/C(=C\c1ccco1)C(=O)OCC(=O)NCc1ccc(Cl)cc1. The summed E-state index contributed by atoms with van der Waals surface area (Å²) in [5.41, 5.74) is 0.602. The van der Waals surface area contributed by atoms with Crippen LogP contribution in [0, 0.1) is 11.3 Å². The lowest BCUT2D eigenvalue weighted by Crippen LogP contribution is -2.28. The number of esters is 1. The van der Waals surface area contributed by atoms with Crippen molar-refractivity contribution in [3.63, 3.8) is 0 Å². The fourth-order valence-electron chi connectivity index (χ4n) is 1.72. The van der Waals surface area contributed by atoms with Gasteiger partial charge in [0.15, 0.2) is 6.61 Å². The zero-order chi connectivity index (χ0) is 17.4. The third-order valence-corrected chi connectivity index (χ3v) is 3.16. The number of furan rings is 1. The largest absolute Gasteiger partial charge is 0.465 e. The van der Waals surface area contributed by atoms with Gasteiger partial charge in [0, 0.05) is 17.6 Å². The molecule has 6 nitrogen and oxygen atoms in total. The van der Waals surface area contributed by atoms with Crippen LogP contribution in [0.4, 0.5) is 0 Å². The first-order chi connectivity index (χ1) is 11.6. The maximum atomic E-state index is 11.8. The van der Waals surface area contributed by atoms with E-state index in [0.717, 1.165) is 5.56 Å². The second-order valence-electron chi connectivity index (χ2n) is 4.66. The highest BCUT2D eigenvalue weighted by Crippen LogP contribution is 2.10. The van der Waals surface area contributed by atoms with E-state index in [4.69, 9.17) is 26.0 Å². The summed E-state index contributed by atoms with van der Waals surface area (Å²) in [6.45, 7) is -0.204. The Morgan fingerprint density at radius 1 is 1.29 bits per heavy atom. The van der Waals surface area contributed by atoms with Crippen molar-refractivity contribution in [2.24, 2.45) is 0 Å². The number of rotatable bonds is 6. The Labute approximate surface area is 143 Å². The van der Waals surface area contributed by atoms with Gasteiger partial charge in [0.25, 0.3) is 5.91 Å². The Kier molecular flexibility index (Phi) is 6.17. The molecule has 122 valence electrons. The zero-order valence-electron chi connectivity index (χ0n) is 12.5. The van der Waals surface area contributed by atoms with Gasteiger partial charge < -0.3 is 14.5 Å². The number of nitrogens with one attached hydrogen (secondary N) is 1. The number of hydrogen-bond acceptors (Lipinski definition) is 5. The van der Waals surface area contributed by atoms with Gasteiger partial charge >= 0.3 is 5.97 Å². The summed E-state index contributed by atoms with van der Waals surface area (Å²) in [6.07, 6.45) is 2.66. The maximum absolute atomic E-state index is 11.8. The van der Waals surface area contributed by atoms with E-state index < -0.39 is 18.5 Å². The number of halogens is 1. The van der Waals surface area contributed by atoms with Crippen LogP contribution in [-0.4, -0.2) is 18.5 Å². The topological polar surface area (TPSA) is 92.3 Å². The van der Waals surface area contributed by atoms with Crippen LogP contribution in [0.1, 0.15) is 11.3 Å². The summed E-state index contributed by atoms with van der Waals surface area (Å²) < 4.78 is 9.82. The van der Waals surface area contributed by atoms with E-state index in [-0.39, 0.29) is 12.1 Å².